The van der Waals surface area contributed by atoms with E-state index in [2.05, 4.69) is 19.9 Å². The first-order valence-corrected chi connectivity index (χ1v) is 6.21. The van der Waals surface area contributed by atoms with Gasteiger partial charge in [-0.1, -0.05) is 4.49 Å². The Morgan fingerprint density at radius 1 is 1.25 bits per heavy atom. The first kappa shape index (κ1) is 11.2. The fourth-order valence-electron chi connectivity index (χ4n) is 1.12. The maximum absolute atomic E-state index is 11.8. The number of rotatable bonds is 2. The number of anilines is 1. The summed E-state index contributed by atoms with van der Waals surface area (Å²) in [5.74, 6) is -0.250. The molecule has 5 nitrogen and oxygen atoms in total. The number of hydrogen-bond donors (Lipinski definition) is 1. The van der Waals surface area contributed by atoms with Crippen molar-refractivity contribution in [2.45, 2.75) is 20.8 Å². The van der Waals surface area contributed by atoms with Crippen molar-refractivity contribution in [1.29, 1.82) is 0 Å². The van der Waals surface area contributed by atoms with Crippen LogP contribution >= 0.6 is 22.9 Å². The minimum absolute atomic E-state index is 0.250. The van der Waals surface area contributed by atoms with Gasteiger partial charge in [0, 0.05) is 4.88 Å². The molecule has 0 atom stereocenters. The van der Waals surface area contributed by atoms with E-state index in [0.29, 0.717) is 10.8 Å². The van der Waals surface area contributed by atoms with Crippen molar-refractivity contribution in [2.75, 3.05) is 5.32 Å². The van der Waals surface area contributed by atoms with E-state index in [1.807, 2.05) is 20.8 Å². The summed E-state index contributed by atoms with van der Waals surface area (Å²) in [6.45, 7) is 5.70. The van der Waals surface area contributed by atoms with Gasteiger partial charge in [0.15, 0.2) is 10.8 Å². The molecule has 0 unspecified atom stereocenters. The van der Waals surface area contributed by atoms with Crippen LogP contribution in [0.4, 0.5) is 5.13 Å². The molecule has 1 N–H and O–H groups in total. The van der Waals surface area contributed by atoms with Crippen LogP contribution in [0.1, 0.15) is 25.9 Å². The first-order valence-electron chi connectivity index (χ1n) is 4.62. The van der Waals surface area contributed by atoms with Gasteiger partial charge >= 0.3 is 0 Å². The van der Waals surface area contributed by atoms with E-state index in [4.69, 9.17) is 0 Å². The Hall–Kier alpha value is -1.34. The second-order valence-corrected chi connectivity index (χ2v) is 5.45. The summed E-state index contributed by atoms with van der Waals surface area (Å²) in [7, 11) is 0. The minimum Gasteiger partial charge on any atom is -0.296 e. The van der Waals surface area contributed by atoms with E-state index in [0.717, 1.165) is 15.4 Å². The largest absolute Gasteiger partial charge is 0.296 e. The summed E-state index contributed by atoms with van der Waals surface area (Å²) >= 11 is 2.67. The van der Waals surface area contributed by atoms with E-state index < -0.39 is 0 Å². The Bertz CT molecular complexity index is 512. The van der Waals surface area contributed by atoms with Crippen molar-refractivity contribution in [2.24, 2.45) is 0 Å². The van der Waals surface area contributed by atoms with E-state index in [1.54, 1.807) is 0 Å². The lowest BCUT2D eigenvalue weighted by atomic mass is 10.4. The quantitative estimate of drug-likeness (QED) is 0.891. The van der Waals surface area contributed by atoms with Gasteiger partial charge in [-0.3, -0.25) is 10.1 Å². The van der Waals surface area contributed by atoms with Crippen molar-refractivity contribution in [3.63, 3.8) is 0 Å². The molecule has 0 spiro atoms. The van der Waals surface area contributed by atoms with Gasteiger partial charge in [-0.2, -0.15) is 0 Å². The molecule has 0 aliphatic heterocycles. The Kier molecular flexibility index (Phi) is 2.97. The van der Waals surface area contributed by atoms with Crippen LogP contribution in [0.2, 0.25) is 0 Å². The van der Waals surface area contributed by atoms with Gasteiger partial charge in [-0.05, 0) is 32.3 Å². The molecule has 0 aliphatic rings. The number of thiazole rings is 1. The zero-order chi connectivity index (χ0) is 11.7. The maximum Gasteiger partial charge on any atom is 0.279 e. The van der Waals surface area contributed by atoms with Crippen LogP contribution in [0.3, 0.4) is 0 Å². The predicted molar refractivity (Wildman–Crippen MR) is 64.2 cm³/mol. The number of hydrogen-bond acceptors (Lipinski definition) is 6. The SMILES string of the molecule is Cc1nc(NC(=O)c2nnsc2C)sc1C. The third kappa shape index (κ3) is 2.10. The highest BCUT2D eigenvalue weighted by atomic mass is 32.1. The predicted octanol–water partition coefficient (Wildman–Crippen LogP) is 2.17. The summed E-state index contributed by atoms with van der Waals surface area (Å²) < 4.78 is 3.72. The van der Waals surface area contributed by atoms with Gasteiger partial charge in [0.05, 0.1) is 10.6 Å². The van der Waals surface area contributed by atoms with Crippen molar-refractivity contribution >= 4 is 33.9 Å². The number of nitrogens with zero attached hydrogens (tertiary/aromatic N) is 3. The Labute approximate surface area is 101 Å². The normalized spacial score (nSPS) is 10.4. The number of aromatic nitrogens is 3. The molecule has 16 heavy (non-hydrogen) atoms. The molecule has 0 aromatic carbocycles. The number of aryl methyl sites for hydroxylation is 3. The summed E-state index contributed by atoms with van der Waals surface area (Å²) in [5.41, 5.74) is 1.31. The van der Waals surface area contributed by atoms with Gasteiger partial charge in [0.25, 0.3) is 5.91 Å². The van der Waals surface area contributed by atoms with Gasteiger partial charge < -0.3 is 0 Å². The molecule has 84 valence electrons. The maximum atomic E-state index is 11.8. The van der Waals surface area contributed by atoms with Gasteiger partial charge in [0.1, 0.15) is 0 Å². The second kappa shape index (κ2) is 4.26. The van der Waals surface area contributed by atoms with Crippen LogP contribution in [0.5, 0.6) is 0 Å². The van der Waals surface area contributed by atoms with Crippen LogP contribution in [0.25, 0.3) is 0 Å². The molecule has 0 saturated heterocycles. The molecule has 1 amide bonds. The van der Waals surface area contributed by atoms with Crippen LogP contribution in [0, 0.1) is 20.8 Å². The van der Waals surface area contributed by atoms with Crippen LogP contribution in [-0.4, -0.2) is 20.5 Å². The Morgan fingerprint density at radius 2 is 2.00 bits per heavy atom. The monoisotopic (exact) mass is 254 g/mol. The number of carbonyl (C=O) groups excluding carboxylic acids is 1. The third-order valence-electron chi connectivity index (χ3n) is 2.12. The molecular weight excluding hydrogens is 244 g/mol. The fraction of sp³-hybridized carbons (Fsp3) is 0.333. The average Bonchev–Trinajstić information content (AvgIpc) is 2.74. The van der Waals surface area contributed by atoms with Gasteiger partial charge in [-0.25, -0.2) is 4.98 Å². The molecule has 0 aliphatic carbocycles. The molecule has 2 heterocycles. The van der Waals surface area contributed by atoms with Gasteiger partial charge in [-0.15, -0.1) is 16.4 Å². The minimum atomic E-state index is -0.250. The zero-order valence-electron chi connectivity index (χ0n) is 9.07. The van der Waals surface area contributed by atoms with Crippen LogP contribution in [-0.2, 0) is 0 Å². The molecule has 2 aromatic heterocycles. The van der Waals surface area contributed by atoms with Crippen molar-refractivity contribution in [3.05, 3.63) is 21.1 Å². The smallest absolute Gasteiger partial charge is 0.279 e. The third-order valence-corrected chi connectivity index (χ3v) is 3.73. The van der Waals surface area contributed by atoms with Crippen molar-refractivity contribution < 1.29 is 4.79 Å². The van der Waals surface area contributed by atoms with Crippen LogP contribution in [0.15, 0.2) is 0 Å². The summed E-state index contributed by atoms with van der Waals surface area (Å²) in [6.07, 6.45) is 0. The first-order chi connectivity index (χ1) is 7.58. The molecule has 0 saturated carbocycles. The van der Waals surface area contributed by atoms with Gasteiger partial charge in [0.2, 0.25) is 0 Å². The summed E-state index contributed by atoms with van der Waals surface area (Å²) in [4.78, 5) is 17.9. The van der Waals surface area contributed by atoms with E-state index in [-0.39, 0.29) is 5.91 Å². The Morgan fingerprint density at radius 3 is 2.50 bits per heavy atom. The molecular formula is C9H10N4OS2. The zero-order valence-corrected chi connectivity index (χ0v) is 10.7. The number of carbonyl (C=O) groups is 1. The standard InChI is InChI=1S/C9H10N4OS2/c1-4-5(2)15-9(10-4)11-8(14)7-6(3)16-13-12-7/h1-3H3,(H,10,11,14). The number of nitrogens with one attached hydrogen (secondary N) is 1. The Balaban J connectivity index is 2.17. The lowest BCUT2D eigenvalue weighted by Gasteiger charge is -1.97. The molecule has 7 heteroatoms. The molecule has 0 radical (unpaired) electrons. The van der Waals surface area contributed by atoms with Crippen molar-refractivity contribution in [3.8, 4) is 0 Å². The molecule has 0 fully saturated rings. The number of amides is 1. The molecule has 2 rings (SSSR count). The molecule has 2 aromatic rings. The van der Waals surface area contributed by atoms with Crippen molar-refractivity contribution in [1.82, 2.24) is 14.6 Å². The highest BCUT2D eigenvalue weighted by Gasteiger charge is 2.15. The summed E-state index contributed by atoms with van der Waals surface area (Å²) in [6, 6.07) is 0. The lowest BCUT2D eigenvalue weighted by molar-refractivity contribution is 0.102. The highest BCUT2D eigenvalue weighted by Crippen LogP contribution is 2.22. The van der Waals surface area contributed by atoms with E-state index >= 15 is 0 Å². The second-order valence-electron chi connectivity index (χ2n) is 3.29. The topological polar surface area (TPSA) is 67.8 Å². The highest BCUT2D eigenvalue weighted by molar-refractivity contribution is 7.15. The average molecular weight is 254 g/mol. The van der Waals surface area contributed by atoms with Crippen LogP contribution < -0.4 is 5.32 Å². The summed E-state index contributed by atoms with van der Waals surface area (Å²) in [5, 5.41) is 7.10. The molecule has 0 bridgehead atoms. The van der Waals surface area contributed by atoms with E-state index in [1.165, 1.54) is 22.9 Å². The van der Waals surface area contributed by atoms with E-state index in [9.17, 15) is 4.79 Å². The lowest BCUT2D eigenvalue weighted by Crippen LogP contribution is -2.13. The fourth-order valence-corrected chi connectivity index (χ4v) is 2.40.